The van der Waals surface area contributed by atoms with Gasteiger partial charge in [-0.1, -0.05) is 13.0 Å². The van der Waals surface area contributed by atoms with Crippen molar-refractivity contribution in [2.75, 3.05) is 19.4 Å². The molecule has 2 atom stereocenters. The Labute approximate surface area is 155 Å². The number of hydrogen-bond donors (Lipinski definition) is 1. The van der Waals surface area contributed by atoms with E-state index in [1.807, 2.05) is 6.92 Å². The number of carboxylic acid groups (broad SMARTS) is 1. The minimum Gasteiger partial charge on any atom is -0.490 e. The number of thioether (sulfide) groups is 1. The molecule has 0 aliphatic carbocycles. The summed E-state index contributed by atoms with van der Waals surface area (Å²) >= 11 is 1.31. The fourth-order valence-corrected chi connectivity index (χ4v) is 3.84. The summed E-state index contributed by atoms with van der Waals surface area (Å²) in [6.07, 6.45) is 1.27. The van der Waals surface area contributed by atoms with Gasteiger partial charge in [0.15, 0.2) is 5.75 Å². The molecule has 1 N–H and O–H groups in total. The topological polar surface area (TPSA) is 110 Å². The highest BCUT2D eigenvalue weighted by Gasteiger charge is 2.34. The first-order valence-electron chi connectivity index (χ1n) is 8.24. The molecule has 1 saturated heterocycles. The van der Waals surface area contributed by atoms with Crippen molar-refractivity contribution in [3.8, 4) is 5.75 Å². The zero-order chi connectivity index (χ0) is 19.3. The van der Waals surface area contributed by atoms with Crippen LogP contribution in [-0.4, -0.2) is 52.3 Å². The molecule has 1 aromatic carbocycles. The molecule has 0 aromatic heterocycles. The molecule has 1 aliphatic rings. The Kier molecular flexibility index (Phi) is 6.84. The van der Waals surface area contributed by atoms with E-state index in [4.69, 9.17) is 4.74 Å². The van der Waals surface area contributed by atoms with E-state index in [1.54, 1.807) is 6.07 Å². The number of carboxylic acids is 1. The lowest BCUT2D eigenvalue weighted by molar-refractivity contribution is -0.385. The predicted octanol–water partition coefficient (Wildman–Crippen LogP) is 2.55. The van der Waals surface area contributed by atoms with Gasteiger partial charge < -0.3 is 14.7 Å². The second kappa shape index (κ2) is 8.88. The monoisotopic (exact) mass is 382 g/mol. The molecule has 1 aromatic rings. The minimum atomic E-state index is -0.972. The van der Waals surface area contributed by atoms with Gasteiger partial charge in [0.2, 0.25) is 5.91 Å². The highest BCUT2D eigenvalue weighted by atomic mass is 32.2. The Bertz CT molecular complexity index is 696. The molecular formula is C17H22N2O6S. The Morgan fingerprint density at radius 2 is 2.19 bits per heavy atom. The third-order valence-electron chi connectivity index (χ3n) is 4.40. The highest BCUT2D eigenvalue weighted by Crippen LogP contribution is 2.29. The van der Waals surface area contributed by atoms with Crippen LogP contribution in [0.2, 0.25) is 0 Å². The number of nitrogens with zero attached hydrogens (tertiary/aromatic N) is 2. The number of nitro groups is 1. The summed E-state index contributed by atoms with van der Waals surface area (Å²) in [5, 5.41) is 20.4. The van der Waals surface area contributed by atoms with Gasteiger partial charge in [-0.25, -0.2) is 4.79 Å². The number of ether oxygens (including phenoxy) is 1. The maximum Gasteiger partial charge on any atom is 0.326 e. The summed E-state index contributed by atoms with van der Waals surface area (Å²) in [6, 6.07) is 3.90. The number of amides is 1. The van der Waals surface area contributed by atoms with Gasteiger partial charge in [0.25, 0.3) is 0 Å². The summed E-state index contributed by atoms with van der Waals surface area (Å²) < 4.78 is 4.96. The molecule has 1 heterocycles. The van der Waals surface area contributed by atoms with E-state index in [1.165, 1.54) is 35.9 Å². The van der Waals surface area contributed by atoms with Crippen LogP contribution in [0.1, 0.15) is 25.3 Å². The number of piperidine rings is 1. The summed E-state index contributed by atoms with van der Waals surface area (Å²) in [6.45, 7) is 2.44. The van der Waals surface area contributed by atoms with Crippen molar-refractivity contribution in [2.45, 2.75) is 31.6 Å². The number of aliphatic carboxylic acids is 1. The van der Waals surface area contributed by atoms with Crippen LogP contribution in [0.5, 0.6) is 5.75 Å². The summed E-state index contributed by atoms with van der Waals surface area (Å²) in [5.74, 6) is -0.159. The Balaban J connectivity index is 1.94. The van der Waals surface area contributed by atoms with E-state index in [-0.39, 0.29) is 29.0 Å². The van der Waals surface area contributed by atoms with Crippen LogP contribution in [0.25, 0.3) is 0 Å². The number of hydrogen-bond acceptors (Lipinski definition) is 6. The normalized spacial score (nSPS) is 19.8. The molecule has 1 aliphatic heterocycles. The van der Waals surface area contributed by atoms with Crippen LogP contribution in [0.15, 0.2) is 18.2 Å². The van der Waals surface area contributed by atoms with Crippen LogP contribution >= 0.6 is 11.8 Å². The highest BCUT2D eigenvalue weighted by molar-refractivity contribution is 7.99. The second-order valence-corrected chi connectivity index (χ2v) is 7.31. The summed E-state index contributed by atoms with van der Waals surface area (Å²) in [7, 11) is 1.37. The molecule has 8 nitrogen and oxygen atoms in total. The van der Waals surface area contributed by atoms with Crippen molar-refractivity contribution in [1.29, 1.82) is 0 Å². The maximum absolute atomic E-state index is 12.4. The lowest BCUT2D eigenvalue weighted by Crippen LogP contribution is -2.50. The first kappa shape index (κ1) is 20.0. The number of likely N-dealkylation sites (tertiary alicyclic amines) is 1. The third-order valence-corrected chi connectivity index (χ3v) is 5.39. The average Bonchev–Trinajstić information content (AvgIpc) is 2.61. The molecule has 2 rings (SSSR count). The van der Waals surface area contributed by atoms with E-state index in [9.17, 15) is 24.8 Å². The molecule has 142 valence electrons. The lowest BCUT2D eigenvalue weighted by atomic mass is 9.92. The van der Waals surface area contributed by atoms with Gasteiger partial charge in [-0.3, -0.25) is 14.9 Å². The molecule has 9 heteroatoms. The van der Waals surface area contributed by atoms with Crippen molar-refractivity contribution in [2.24, 2.45) is 5.92 Å². The van der Waals surface area contributed by atoms with E-state index >= 15 is 0 Å². The second-order valence-electron chi connectivity index (χ2n) is 6.33. The van der Waals surface area contributed by atoms with Gasteiger partial charge in [-0.15, -0.1) is 11.8 Å². The zero-order valence-corrected chi connectivity index (χ0v) is 15.5. The summed E-state index contributed by atoms with van der Waals surface area (Å²) in [5.41, 5.74) is 0.588. The Morgan fingerprint density at radius 1 is 1.46 bits per heavy atom. The van der Waals surface area contributed by atoms with Gasteiger partial charge in [-0.05, 0) is 30.4 Å². The standard InChI is InChI=1S/C17H22N2O6S/c1-11-5-6-18(14(7-11)17(21)22)16(20)10-26-9-12-3-4-15(25-2)13(8-12)19(23)24/h3-4,8,11,14H,5-7,9-10H2,1-2H3,(H,21,22). The third kappa shape index (κ3) is 4.87. The van der Waals surface area contributed by atoms with Crippen LogP contribution in [0, 0.1) is 16.0 Å². The van der Waals surface area contributed by atoms with Crippen LogP contribution in [-0.2, 0) is 15.3 Å². The van der Waals surface area contributed by atoms with Crippen LogP contribution in [0.4, 0.5) is 5.69 Å². The molecule has 1 amide bonds. The maximum atomic E-state index is 12.4. The van der Waals surface area contributed by atoms with E-state index in [2.05, 4.69) is 0 Å². The van der Waals surface area contributed by atoms with Gasteiger partial charge in [0, 0.05) is 18.4 Å². The predicted molar refractivity (Wildman–Crippen MR) is 97.3 cm³/mol. The zero-order valence-electron chi connectivity index (χ0n) is 14.7. The first-order valence-corrected chi connectivity index (χ1v) is 9.40. The van der Waals surface area contributed by atoms with Gasteiger partial charge in [0.1, 0.15) is 6.04 Å². The van der Waals surface area contributed by atoms with E-state index in [0.29, 0.717) is 24.3 Å². The van der Waals surface area contributed by atoms with Crippen molar-refractivity contribution >= 4 is 29.3 Å². The quantitative estimate of drug-likeness (QED) is 0.570. The first-order chi connectivity index (χ1) is 12.3. The van der Waals surface area contributed by atoms with Crippen molar-refractivity contribution in [3.63, 3.8) is 0 Å². The molecular weight excluding hydrogens is 360 g/mol. The fourth-order valence-electron chi connectivity index (χ4n) is 2.98. The van der Waals surface area contributed by atoms with Crippen LogP contribution < -0.4 is 4.74 Å². The molecule has 0 spiro atoms. The van der Waals surface area contributed by atoms with Crippen molar-refractivity contribution in [3.05, 3.63) is 33.9 Å². The molecule has 1 fully saturated rings. The fraction of sp³-hybridized carbons (Fsp3) is 0.529. The van der Waals surface area contributed by atoms with Gasteiger partial charge in [-0.2, -0.15) is 0 Å². The summed E-state index contributed by atoms with van der Waals surface area (Å²) in [4.78, 5) is 35.8. The largest absolute Gasteiger partial charge is 0.490 e. The SMILES string of the molecule is COc1ccc(CSCC(=O)N2CCC(C)CC2C(=O)O)cc1[N+](=O)[O-]. The number of rotatable bonds is 7. The number of carbonyl (C=O) groups excluding carboxylic acids is 1. The minimum absolute atomic E-state index is 0.118. The molecule has 0 radical (unpaired) electrons. The Morgan fingerprint density at radius 3 is 2.81 bits per heavy atom. The average molecular weight is 382 g/mol. The number of nitro benzene ring substituents is 1. The molecule has 26 heavy (non-hydrogen) atoms. The van der Waals surface area contributed by atoms with E-state index < -0.39 is 16.9 Å². The smallest absolute Gasteiger partial charge is 0.326 e. The van der Waals surface area contributed by atoms with Crippen LogP contribution in [0.3, 0.4) is 0 Å². The van der Waals surface area contributed by atoms with Gasteiger partial charge in [0.05, 0.1) is 17.8 Å². The molecule has 2 unspecified atom stereocenters. The van der Waals surface area contributed by atoms with Crippen molar-refractivity contribution < 1.29 is 24.4 Å². The Hall–Kier alpha value is -2.29. The molecule has 0 saturated carbocycles. The number of carbonyl (C=O) groups is 2. The van der Waals surface area contributed by atoms with E-state index in [0.717, 1.165) is 6.42 Å². The number of benzene rings is 1. The lowest BCUT2D eigenvalue weighted by Gasteiger charge is -2.36. The van der Waals surface area contributed by atoms with Gasteiger partial charge >= 0.3 is 11.7 Å². The van der Waals surface area contributed by atoms with Crippen molar-refractivity contribution in [1.82, 2.24) is 4.90 Å². The molecule has 0 bridgehead atoms. The number of methoxy groups -OCH3 is 1.